The Kier molecular flexibility index (Phi) is 6.19. The van der Waals surface area contributed by atoms with Crippen LogP contribution >= 0.6 is 0 Å². The van der Waals surface area contributed by atoms with E-state index in [-0.39, 0.29) is 0 Å². The second-order valence-electron chi connectivity index (χ2n) is 7.38. The van der Waals surface area contributed by atoms with Crippen molar-refractivity contribution in [1.29, 1.82) is 0 Å². The zero-order valence-corrected chi connectivity index (χ0v) is 15.9. The molecule has 0 spiro atoms. The van der Waals surface area contributed by atoms with Gasteiger partial charge in [0.2, 0.25) is 0 Å². The third kappa shape index (κ3) is 4.47. The lowest BCUT2D eigenvalue weighted by Crippen LogP contribution is -2.09. The molecule has 1 unspecified atom stereocenters. The number of allylic oxidation sites excluding steroid dienone is 4. The minimum atomic E-state index is 0.627. The molecule has 0 saturated heterocycles. The van der Waals surface area contributed by atoms with Gasteiger partial charge in [0.05, 0.1) is 0 Å². The van der Waals surface area contributed by atoms with Crippen LogP contribution in [0.2, 0.25) is 0 Å². The first-order valence-electron chi connectivity index (χ1n) is 8.87. The maximum Gasteiger partial charge on any atom is 0.144 e. The van der Waals surface area contributed by atoms with E-state index in [9.17, 15) is 0 Å². The lowest BCUT2D eigenvalue weighted by Gasteiger charge is -2.23. The summed E-state index contributed by atoms with van der Waals surface area (Å²) in [6, 6.07) is 10.4. The largest absolute Gasteiger partial charge is 0.300 e. The summed E-state index contributed by atoms with van der Waals surface area (Å²) in [6.45, 7) is 13.2. The van der Waals surface area contributed by atoms with Crippen LogP contribution in [0.5, 0.6) is 0 Å². The van der Waals surface area contributed by atoms with Gasteiger partial charge in [-0.15, -0.1) is 0 Å². The first-order chi connectivity index (χ1) is 11.4. The first kappa shape index (κ1) is 18.3. The van der Waals surface area contributed by atoms with E-state index in [1.165, 1.54) is 16.8 Å². The van der Waals surface area contributed by atoms with Crippen molar-refractivity contribution < 1.29 is 0 Å². The molecule has 1 atom stereocenters. The summed E-state index contributed by atoms with van der Waals surface area (Å²) in [5, 5.41) is 0. The molecule has 1 aliphatic rings. The number of hydrogen-bond acceptors (Lipinski definition) is 1. The summed E-state index contributed by atoms with van der Waals surface area (Å²) in [5.74, 6) is 2.48. The Bertz CT molecular complexity index is 715. The van der Waals surface area contributed by atoms with Gasteiger partial charge >= 0.3 is 0 Å². The number of hydrogen-bond donors (Lipinski definition) is 0. The van der Waals surface area contributed by atoms with E-state index in [0.717, 1.165) is 23.7 Å². The minimum absolute atomic E-state index is 0.627. The van der Waals surface area contributed by atoms with Gasteiger partial charge in [-0.05, 0) is 43.3 Å². The predicted octanol–water partition coefficient (Wildman–Crippen LogP) is 6.43. The highest BCUT2D eigenvalue weighted by atomic mass is 15.1. The molecule has 0 bridgehead atoms. The first-order valence-corrected chi connectivity index (χ1v) is 8.87. The number of rotatable bonds is 2. The SMILES string of the molecule is CC(C)C.CC1=CC(C)CC(C)=C1n1ccnc1-c1ccccc1. The molecule has 0 N–H and O–H groups in total. The van der Waals surface area contributed by atoms with Crippen LogP contribution in [0.25, 0.3) is 17.1 Å². The molecule has 0 fully saturated rings. The molecule has 24 heavy (non-hydrogen) atoms. The van der Waals surface area contributed by atoms with Crippen molar-refractivity contribution in [2.24, 2.45) is 11.8 Å². The zero-order valence-electron chi connectivity index (χ0n) is 15.9. The Labute approximate surface area is 146 Å². The van der Waals surface area contributed by atoms with E-state index in [2.05, 4.69) is 87.6 Å². The van der Waals surface area contributed by atoms with E-state index < -0.39 is 0 Å². The number of benzene rings is 1. The average Bonchev–Trinajstić information content (AvgIpc) is 2.95. The zero-order chi connectivity index (χ0) is 17.7. The van der Waals surface area contributed by atoms with Crippen molar-refractivity contribution in [2.45, 2.75) is 48.0 Å². The molecule has 2 nitrogen and oxygen atoms in total. The highest BCUT2D eigenvalue weighted by molar-refractivity contribution is 5.73. The van der Waals surface area contributed by atoms with Crippen LogP contribution < -0.4 is 0 Å². The molecule has 128 valence electrons. The highest BCUT2D eigenvalue weighted by Gasteiger charge is 2.18. The van der Waals surface area contributed by atoms with Gasteiger partial charge in [-0.3, -0.25) is 4.57 Å². The van der Waals surface area contributed by atoms with Gasteiger partial charge in [-0.25, -0.2) is 4.98 Å². The lowest BCUT2D eigenvalue weighted by atomic mass is 9.90. The number of imidazole rings is 1. The van der Waals surface area contributed by atoms with Gasteiger partial charge in [0, 0.05) is 23.7 Å². The molecule has 0 saturated carbocycles. The minimum Gasteiger partial charge on any atom is -0.300 e. The smallest absolute Gasteiger partial charge is 0.144 e. The second kappa shape index (κ2) is 8.14. The van der Waals surface area contributed by atoms with Crippen molar-refractivity contribution in [2.75, 3.05) is 0 Å². The van der Waals surface area contributed by atoms with Gasteiger partial charge in [-0.2, -0.15) is 0 Å². The molecule has 1 aromatic carbocycles. The van der Waals surface area contributed by atoms with Crippen LogP contribution in [-0.4, -0.2) is 9.55 Å². The standard InChI is InChI=1S/C18H20N2.C4H10/c1-13-11-14(2)17(15(3)12-13)20-10-9-19-18(20)16-7-5-4-6-8-16;1-4(2)3/h4-11,13H,12H2,1-3H3;4H,1-3H3. The summed E-state index contributed by atoms with van der Waals surface area (Å²) in [5.41, 5.74) is 5.24. The molecule has 0 radical (unpaired) electrons. The van der Waals surface area contributed by atoms with Gasteiger partial charge < -0.3 is 0 Å². The van der Waals surface area contributed by atoms with Crippen LogP contribution in [0.15, 0.2) is 59.9 Å². The number of aromatic nitrogens is 2. The quantitative estimate of drug-likeness (QED) is 0.623. The molecule has 1 aliphatic carbocycles. The van der Waals surface area contributed by atoms with Crippen molar-refractivity contribution in [3.05, 3.63) is 59.9 Å². The Morgan fingerprint density at radius 3 is 2.29 bits per heavy atom. The summed E-state index contributed by atoms with van der Waals surface area (Å²) >= 11 is 0. The van der Waals surface area contributed by atoms with Crippen LogP contribution in [-0.2, 0) is 0 Å². The Balaban J connectivity index is 0.000000471. The fourth-order valence-corrected chi connectivity index (χ4v) is 3.16. The Hall–Kier alpha value is -2.09. The van der Waals surface area contributed by atoms with E-state index in [0.29, 0.717) is 5.92 Å². The van der Waals surface area contributed by atoms with Gasteiger partial charge in [-0.1, -0.05) is 64.1 Å². The van der Waals surface area contributed by atoms with Crippen molar-refractivity contribution in [1.82, 2.24) is 9.55 Å². The van der Waals surface area contributed by atoms with Gasteiger partial charge in [0.25, 0.3) is 0 Å². The molecule has 1 aromatic heterocycles. The van der Waals surface area contributed by atoms with Crippen LogP contribution in [0, 0.1) is 11.8 Å². The molecule has 0 aliphatic heterocycles. The molecule has 2 heteroatoms. The van der Waals surface area contributed by atoms with Crippen LogP contribution in [0.1, 0.15) is 48.0 Å². The molecular weight excluding hydrogens is 292 g/mol. The monoisotopic (exact) mass is 322 g/mol. The topological polar surface area (TPSA) is 17.8 Å². The normalized spacial score (nSPS) is 17.5. The highest BCUT2D eigenvalue weighted by Crippen LogP contribution is 2.34. The van der Waals surface area contributed by atoms with Crippen LogP contribution in [0.3, 0.4) is 0 Å². The maximum absolute atomic E-state index is 4.55. The molecule has 3 rings (SSSR count). The van der Waals surface area contributed by atoms with Gasteiger partial charge in [0.15, 0.2) is 0 Å². The second-order valence-corrected chi connectivity index (χ2v) is 7.38. The summed E-state index contributed by atoms with van der Waals surface area (Å²) in [4.78, 5) is 4.55. The Morgan fingerprint density at radius 1 is 1.08 bits per heavy atom. The van der Waals surface area contributed by atoms with Crippen LogP contribution in [0.4, 0.5) is 0 Å². The summed E-state index contributed by atoms with van der Waals surface area (Å²) in [6.07, 6.45) is 7.43. The Morgan fingerprint density at radius 2 is 1.71 bits per heavy atom. The predicted molar refractivity (Wildman–Crippen MR) is 105 cm³/mol. The molecule has 1 heterocycles. The molecule has 2 aromatic rings. The lowest BCUT2D eigenvalue weighted by molar-refractivity contribution is 0.696. The molecule has 0 amide bonds. The average molecular weight is 322 g/mol. The third-order valence-electron chi connectivity index (χ3n) is 3.85. The van der Waals surface area contributed by atoms with E-state index in [4.69, 9.17) is 0 Å². The maximum atomic E-state index is 4.55. The number of nitrogens with zero attached hydrogens (tertiary/aromatic N) is 2. The third-order valence-corrected chi connectivity index (χ3v) is 3.85. The van der Waals surface area contributed by atoms with Crippen molar-refractivity contribution >= 4 is 5.70 Å². The summed E-state index contributed by atoms with van der Waals surface area (Å²) < 4.78 is 2.22. The van der Waals surface area contributed by atoms with Gasteiger partial charge in [0.1, 0.15) is 5.82 Å². The van der Waals surface area contributed by atoms with Crippen molar-refractivity contribution in [3.8, 4) is 11.4 Å². The van der Waals surface area contributed by atoms with E-state index in [1.807, 2.05) is 12.3 Å². The van der Waals surface area contributed by atoms with E-state index in [1.54, 1.807) is 0 Å². The fraction of sp³-hybridized carbons (Fsp3) is 0.409. The van der Waals surface area contributed by atoms with Crippen molar-refractivity contribution in [3.63, 3.8) is 0 Å². The molecular formula is C22H30N2. The van der Waals surface area contributed by atoms with E-state index >= 15 is 0 Å². The summed E-state index contributed by atoms with van der Waals surface area (Å²) in [7, 11) is 0. The fourth-order valence-electron chi connectivity index (χ4n) is 3.16.